The average Bonchev–Trinajstić information content (AvgIpc) is 2.69. The topological polar surface area (TPSA) is 119 Å². The Labute approximate surface area is 172 Å². The zero-order valence-electron chi connectivity index (χ0n) is 15.4. The summed E-state index contributed by atoms with van der Waals surface area (Å²) in [6.45, 7) is 0.0713. The molecule has 0 aromatic heterocycles. The van der Waals surface area contributed by atoms with Gasteiger partial charge in [0.05, 0.1) is 10.6 Å². The van der Waals surface area contributed by atoms with Crippen LogP contribution in [0.2, 0.25) is 0 Å². The van der Waals surface area contributed by atoms with Crippen molar-refractivity contribution in [1.82, 2.24) is 0 Å². The van der Waals surface area contributed by atoms with Crippen LogP contribution in [-0.4, -0.2) is 36.4 Å². The number of halogens is 1. The second kappa shape index (κ2) is 7.96. The van der Waals surface area contributed by atoms with Gasteiger partial charge in [0, 0.05) is 30.1 Å². The van der Waals surface area contributed by atoms with Crippen molar-refractivity contribution in [3.05, 3.63) is 52.1 Å². The maximum absolute atomic E-state index is 13.0. The van der Waals surface area contributed by atoms with E-state index in [1.54, 1.807) is 17.0 Å². The molecule has 10 heteroatoms. The molecule has 0 bridgehead atoms. The molecule has 2 aromatic rings. The number of nitrogens with two attached hydrogens (primary N) is 1. The number of nitrogen functional groups attached to an aromatic ring is 1. The number of carbonyl (C=O) groups is 2. The Morgan fingerprint density at radius 2 is 2.03 bits per heavy atom. The van der Waals surface area contributed by atoms with E-state index in [4.69, 9.17) is 10.5 Å². The molecule has 2 heterocycles. The first-order chi connectivity index (χ1) is 13.5. The summed E-state index contributed by atoms with van der Waals surface area (Å²) >= 11 is 0. The lowest BCUT2D eigenvalue weighted by molar-refractivity contribution is -0.384. The van der Waals surface area contributed by atoms with Crippen LogP contribution in [0.15, 0.2) is 36.4 Å². The van der Waals surface area contributed by atoms with E-state index in [1.807, 2.05) is 6.07 Å². The monoisotopic (exact) mass is 418 g/mol. The van der Waals surface area contributed by atoms with E-state index < -0.39 is 10.8 Å². The zero-order chi connectivity index (χ0) is 19.8. The van der Waals surface area contributed by atoms with Crippen molar-refractivity contribution in [1.29, 1.82) is 0 Å². The van der Waals surface area contributed by atoms with E-state index in [1.165, 1.54) is 23.1 Å². The molecule has 0 aliphatic carbocycles. The Bertz CT molecular complexity index is 997. The highest BCUT2D eigenvalue weighted by Gasteiger charge is 2.32. The maximum Gasteiger partial charge on any atom is 0.271 e. The summed E-state index contributed by atoms with van der Waals surface area (Å²) in [5.41, 5.74) is 8.39. The van der Waals surface area contributed by atoms with Crippen molar-refractivity contribution >= 4 is 47.0 Å². The van der Waals surface area contributed by atoms with Gasteiger partial charge in [0.1, 0.15) is 12.3 Å². The van der Waals surface area contributed by atoms with Crippen LogP contribution < -0.4 is 20.3 Å². The summed E-state index contributed by atoms with van der Waals surface area (Å²) in [7, 11) is 0. The minimum Gasteiger partial charge on any atom is -0.482 e. The van der Waals surface area contributed by atoms with Crippen LogP contribution in [0.4, 0.5) is 22.7 Å². The van der Waals surface area contributed by atoms with Gasteiger partial charge in [0.2, 0.25) is 5.91 Å². The fraction of sp³-hybridized carbons (Fsp3) is 0.263. The molecule has 2 aliphatic heterocycles. The van der Waals surface area contributed by atoms with Crippen molar-refractivity contribution in [3.8, 4) is 5.75 Å². The molecule has 4 rings (SSSR count). The number of amides is 2. The molecule has 0 saturated heterocycles. The van der Waals surface area contributed by atoms with Crippen molar-refractivity contribution < 1.29 is 19.2 Å². The fourth-order valence-electron chi connectivity index (χ4n) is 3.61. The molecular formula is C19H19ClN4O5. The first-order valence-corrected chi connectivity index (χ1v) is 8.85. The molecule has 0 radical (unpaired) electrons. The molecule has 2 aliphatic rings. The number of nitro groups is 1. The lowest BCUT2D eigenvalue weighted by Gasteiger charge is -2.34. The Kier molecular flexibility index (Phi) is 5.60. The smallest absolute Gasteiger partial charge is 0.271 e. The highest BCUT2D eigenvalue weighted by atomic mass is 35.5. The Balaban J connectivity index is 0.00000240. The molecule has 0 saturated carbocycles. The van der Waals surface area contributed by atoms with Gasteiger partial charge in [0.15, 0.2) is 6.61 Å². The third-order valence-electron chi connectivity index (χ3n) is 4.98. The number of ether oxygens (including phenoxy) is 1. The normalized spacial score (nSPS) is 15.0. The largest absolute Gasteiger partial charge is 0.482 e. The number of nitro benzene ring substituents is 1. The first kappa shape index (κ1) is 20.4. The summed E-state index contributed by atoms with van der Waals surface area (Å²) in [5, 5.41) is 11.1. The van der Waals surface area contributed by atoms with Crippen LogP contribution in [0.1, 0.15) is 12.0 Å². The molecule has 2 amide bonds. The minimum absolute atomic E-state index is 0. The fourth-order valence-corrected chi connectivity index (χ4v) is 3.61. The van der Waals surface area contributed by atoms with Crippen molar-refractivity contribution in [2.45, 2.75) is 12.8 Å². The molecule has 29 heavy (non-hydrogen) atoms. The summed E-state index contributed by atoms with van der Waals surface area (Å²) in [6.07, 6.45) is 1.56. The lowest BCUT2D eigenvalue weighted by Crippen LogP contribution is -2.47. The number of rotatable bonds is 3. The quantitative estimate of drug-likeness (QED) is 0.464. The number of benzene rings is 2. The molecule has 0 unspecified atom stereocenters. The highest BCUT2D eigenvalue weighted by molar-refractivity contribution is 6.06. The predicted octanol–water partition coefficient (Wildman–Crippen LogP) is 2.30. The molecule has 2 aromatic carbocycles. The van der Waals surface area contributed by atoms with Crippen molar-refractivity contribution in [2.75, 3.05) is 35.2 Å². The number of anilines is 3. The van der Waals surface area contributed by atoms with Crippen molar-refractivity contribution in [3.63, 3.8) is 0 Å². The van der Waals surface area contributed by atoms with Crippen LogP contribution in [0, 0.1) is 10.1 Å². The van der Waals surface area contributed by atoms with E-state index in [0.717, 1.165) is 24.1 Å². The number of hydrogen-bond donors (Lipinski definition) is 1. The molecule has 0 fully saturated rings. The van der Waals surface area contributed by atoms with Crippen LogP contribution >= 0.6 is 12.4 Å². The third kappa shape index (κ3) is 3.68. The SMILES string of the molecule is Cl.Nc1cccc2c1CCCN2C(=O)CN1C(=O)COc2ccc([N+](=O)[O-])cc21. The van der Waals surface area contributed by atoms with Crippen molar-refractivity contribution in [2.24, 2.45) is 0 Å². The van der Waals surface area contributed by atoms with E-state index in [0.29, 0.717) is 18.0 Å². The lowest BCUT2D eigenvalue weighted by atomic mass is 10.00. The number of fused-ring (bicyclic) bond motifs is 2. The summed E-state index contributed by atoms with van der Waals surface area (Å²) < 4.78 is 5.34. The molecular weight excluding hydrogens is 400 g/mol. The van der Waals surface area contributed by atoms with E-state index in [2.05, 4.69) is 0 Å². The molecule has 152 valence electrons. The first-order valence-electron chi connectivity index (χ1n) is 8.85. The molecule has 9 nitrogen and oxygen atoms in total. The minimum atomic E-state index is -0.553. The molecule has 0 spiro atoms. The van der Waals surface area contributed by atoms with Gasteiger partial charge in [-0.1, -0.05) is 6.07 Å². The number of non-ortho nitro benzene ring substituents is 1. The second-order valence-corrected chi connectivity index (χ2v) is 6.67. The number of hydrogen-bond acceptors (Lipinski definition) is 6. The molecule has 2 N–H and O–H groups in total. The Morgan fingerprint density at radius 3 is 2.79 bits per heavy atom. The maximum atomic E-state index is 13.0. The van der Waals surface area contributed by atoms with Gasteiger partial charge >= 0.3 is 0 Å². The number of carbonyl (C=O) groups excluding carboxylic acids is 2. The van der Waals surface area contributed by atoms with E-state index in [-0.39, 0.29) is 42.8 Å². The van der Waals surface area contributed by atoms with E-state index in [9.17, 15) is 19.7 Å². The second-order valence-electron chi connectivity index (χ2n) is 6.67. The average molecular weight is 419 g/mol. The van der Waals surface area contributed by atoms with Crippen LogP contribution in [0.25, 0.3) is 0 Å². The summed E-state index contributed by atoms with van der Waals surface area (Å²) in [6, 6.07) is 9.42. The van der Waals surface area contributed by atoms with Gasteiger partial charge in [-0.05, 0) is 36.6 Å². The van der Waals surface area contributed by atoms with Crippen LogP contribution in [0.5, 0.6) is 5.75 Å². The molecule has 0 atom stereocenters. The Hall–Kier alpha value is -3.33. The van der Waals surface area contributed by atoms with Gasteiger partial charge in [-0.25, -0.2) is 0 Å². The van der Waals surface area contributed by atoms with Gasteiger partial charge in [0.25, 0.3) is 11.6 Å². The van der Waals surface area contributed by atoms with Crippen LogP contribution in [-0.2, 0) is 16.0 Å². The van der Waals surface area contributed by atoms with Gasteiger partial charge < -0.3 is 15.4 Å². The standard InChI is InChI=1S/C19H18N4O5.ClH/c20-14-4-1-5-15-13(14)3-2-8-21(15)18(24)10-22-16-9-12(23(26)27)6-7-17(16)28-11-19(22)25;/h1,4-7,9H,2-3,8,10-11,20H2;1H. The predicted molar refractivity (Wildman–Crippen MR) is 110 cm³/mol. The van der Waals surface area contributed by atoms with Gasteiger partial charge in [-0.2, -0.15) is 0 Å². The zero-order valence-corrected chi connectivity index (χ0v) is 16.2. The highest BCUT2D eigenvalue weighted by Crippen LogP contribution is 2.36. The van der Waals surface area contributed by atoms with Crippen LogP contribution in [0.3, 0.4) is 0 Å². The van der Waals surface area contributed by atoms with E-state index >= 15 is 0 Å². The van der Waals surface area contributed by atoms with Gasteiger partial charge in [-0.3, -0.25) is 24.6 Å². The number of nitrogens with zero attached hydrogens (tertiary/aromatic N) is 3. The third-order valence-corrected chi connectivity index (χ3v) is 4.98. The Morgan fingerprint density at radius 1 is 1.24 bits per heavy atom. The van der Waals surface area contributed by atoms with Gasteiger partial charge in [-0.15, -0.1) is 12.4 Å². The summed E-state index contributed by atoms with van der Waals surface area (Å²) in [4.78, 5) is 38.8. The summed E-state index contributed by atoms with van der Waals surface area (Å²) in [5.74, 6) is -0.369.